The largest absolute Gasteiger partial charge is 0.379 e. The standard InChI is InChI=1S/C24H23N5OS/c1-17-22(21-11-12-25-24(27-21)28-29-13-15-30-16-14-29)31-23(26-17)20-9-7-19(8-10-20)18-5-3-2-4-6-18/h2-12H,13-16H2,1H3,(H,25,27,28). The Balaban J connectivity index is 1.38. The van der Waals surface area contributed by atoms with Gasteiger partial charge in [0.05, 0.1) is 29.5 Å². The van der Waals surface area contributed by atoms with Crippen LogP contribution in [0.15, 0.2) is 66.9 Å². The molecule has 2 aromatic heterocycles. The van der Waals surface area contributed by atoms with Gasteiger partial charge in [0.25, 0.3) is 0 Å². The van der Waals surface area contributed by atoms with E-state index in [1.54, 1.807) is 17.5 Å². The molecule has 1 N–H and O–H groups in total. The fraction of sp³-hybridized carbons (Fsp3) is 0.208. The molecule has 7 heteroatoms. The number of nitrogens with zero attached hydrogens (tertiary/aromatic N) is 4. The molecule has 2 aromatic carbocycles. The Morgan fingerprint density at radius 2 is 1.58 bits per heavy atom. The molecule has 6 nitrogen and oxygen atoms in total. The summed E-state index contributed by atoms with van der Waals surface area (Å²) in [6.07, 6.45) is 1.79. The number of rotatable bonds is 5. The summed E-state index contributed by atoms with van der Waals surface area (Å²) >= 11 is 1.66. The van der Waals surface area contributed by atoms with Crippen molar-refractivity contribution < 1.29 is 4.74 Å². The average molecular weight is 430 g/mol. The number of thiazole rings is 1. The molecule has 1 aliphatic heterocycles. The molecule has 0 atom stereocenters. The van der Waals surface area contributed by atoms with Crippen molar-refractivity contribution >= 4 is 17.3 Å². The average Bonchev–Trinajstić information content (AvgIpc) is 3.22. The van der Waals surface area contributed by atoms with Gasteiger partial charge in [-0.05, 0) is 24.1 Å². The predicted octanol–water partition coefficient (Wildman–Crippen LogP) is 4.90. The monoisotopic (exact) mass is 429 g/mol. The lowest BCUT2D eigenvalue weighted by molar-refractivity contribution is 0.0492. The van der Waals surface area contributed by atoms with Gasteiger partial charge in [-0.1, -0.05) is 54.6 Å². The second-order valence-corrected chi connectivity index (χ2v) is 8.35. The van der Waals surface area contributed by atoms with Gasteiger partial charge in [0.15, 0.2) is 0 Å². The van der Waals surface area contributed by atoms with Gasteiger partial charge < -0.3 is 4.74 Å². The molecule has 5 rings (SSSR count). The normalized spacial score (nSPS) is 14.5. The van der Waals surface area contributed by atoms with Gasteiger partial charge in [-0.25, -0.2) is 20.0 Å². The Kier molecular flexibility index (Phi) is 5.71. The van der Waals surface area contributed by atoms with Crippen LogP contribution < -0.4 is 5.43 Å². The zero-order valence-electron chi connectivity index (χ0n) is 17.3. The summed E-state index contributed by atoms with van der Waals surface area (Å²) in [5.41, 5.74) is 8.67. The van der Waals surface area contributed by atoms with Crippen LogP contribution in [0.1, 0.15) is 5.69 Å². The van der Waals surface area contributed by atoms with E-state index in [1.165, 1.54) is 11.1 Å². The number of aromatic nitrogens is 3. The van der Waals surface area contributed by atoms with Crippen molar-refractivity contribution in [3.05, 3.63) is 72.6 Å². The number of ether oxygens (including phenoxy) is 1. The second-order valence-electron chi connectivity index (χ2n) is 7.35. The predicted molar refractivity (Wildman–Crippen MR) is 125 cm³/mol. The van der Waals surface area contributed by atoms with Gasteiger partial charge >= 0.3 is 0 Å². The maximum absolute atomic E-state index is 5.39. The summed E-state index contributed by atoms with van der Waals surface area (Å²) in [6, 6.07) is 20.9. The molecular weight excluding hydrogens is 406 g/mol. The first kappa shape index (κ1) is 19.8. The molecule has 1 aliphatic rings. The number of hydrogen-bond donors (Lipinski definition) is 1. The second kappa shape index (κ2) is 8.93. The molecule has 156 valence electrons. The van der Waals surface area contributed by atoms with Crippen molar-refractivity contribution in [2.75, 3.05) is 31.7 Å². The summed E-state index contributed by atoms with van der Waals surface area (Å²) in [7, 11) is 0. The first-order chi connectivity index (χ1) is 15.3. The molecule has 1 saturated heterocycles. The van der Waals surface area contributed by atoms with Gasteiger partial charge in [-0.3, -0.25) is 5.43 Å². The van der Waals surface area contributed by atoms with E-state index in [0.29, 0.717) is 19.2 Å². The zero-order valence-corrected chi connectivity index (χ0v) is 18.1. The van der Waals surface area contributed by atoms with Crippen LogP contribution in [0.2, 0.25) is 0 Å². The number of morpholine rings is 1. The van der Waals surface area contributed by atoms with Gasteiger partial charge in [0.1, 0.15) is 5.01 Å². The Bertz CT molecular complexity index is 1150. The van der Waals surface area contributed by atoms with Gasteiger partial charge in [-0.15, -0.1) is 11.3 Å². The number of aryl methyl sites for hydroxylation is 1. The van der Waals surface area contributed by atoms with E-state index < -0.39 is 0 Å². The molecular formula is C24H23N5OS. The highest BCUT2D eigenvalue weighted by Crippen LogP contribution is 2.35. The highest BCUT2D eigenvalue weighted by Gasteiger charge is 2.15. The molecule has 31 heavy (non-hydrogen) atoms. The third kappa shape index (κ3) is 4.49. The van der Waals surface area contributed by atoms with E-state index in [-0.39, 0.29) is 0 Å². The molecule has 1 fully saturated rings. The number of nitrogens with one attached hydrogen (secondary N) is 1. The maximum atomic E-state index is 5.39. The molecule has 0 spiro atoms. The Labute approximate surface area is 185 Å². The van der Waals surface area contributed by atoms with Crippen LogP contribution in [-0.2, 0) is 4.74 Å². The highest BCUT2D eigenvalue weighted by molar-refractivity contribution is 7.18. The molecule has 4 aromatic rings. The van der Waals surface area contributed by atoms with Crippen LogP contribution in [0.5, 0.6) is 0 Å². The third-order valence-electron chi connectivity index (χ3n) is 5.19. The molecule has 0 saturated carbocycles. The lowest BCUT2D eigenvalue weighted by Crippen LogP contribution is -2.40. The van der Waals surface area contributed by atoms with E-state index in [0.717, 1.165) is 39.9 Å². The molecule has 0 amide bonds. The fourth-order valence-corrected chi connectivity index (χ4v) is 4.59. The minimum absolute atomic E-state index is 0.598. The van der Waals surface area contributed by atoms with Crippen LogP contribution in [0.25, 0.3) is 32.3 Å². The lowest BCUT2D eigenvalue weighted by atomic mass is 10.0. The number of anilines is 1. The van der Waals surface area contributed by atoms with Crippen molar-refractivity contribution in [1.82, 2.24) is 20.0 Å². The molecule has 0 unspecified atom stereocenters. The van der Waals surface area contributed by atoms with Gasteiger partial charge in [-0.2, -0.15) is 0 Å². The van der Waals surface area contributed by atoms with E-state index >= 15 is 0 Å². The van der Waals surface area contributed by atoms with Crippen LogP contribution >= 0.6 is 11.3 Å². The highest BCUT2D eigenvalue weighted by atomic mass is 32.1. The first-order valence-electron chi connectivity index (χ1n) is 10.3. The zero-order chi connectivity index (χ0) is 21.0. The van der Waals surface area contributed by atoms with Gasteiger partial charge in [0.2, 0.25) is 5.95 Å². The minimum atomic E-state index is 0.598. The Morgan fingerprint density at radius 1 is 0.871 bits per heavy atom. The smallest absolute Gasteiger partial charge is 0.238 e. The summed E-state index contributed by atoms with van der Waals surface area (Å²) in [5.74, 6) is 0.598. The van der Waals surface area contributed by atoms with Crippen LogP contribution in [0.3, 0.4) is 0 Å². The minimum Gasteiger partial charge on any atom is -0.379 e. The SMILES string of the molecule is Cc1nc(-c2ccc(-c3ccccc3)cc2)sc1-c1ccnc(NN2CCOCC2)n1. The third-order valence-corrected chi connectivity index (χ3v) is 6.42. The van der Waals surface area contributed by atoms with E-state index in [2.05, 4.69) is 63.9 Å². The van der Waals surface area contributed by atoms with Crippen molar-refractivity contribution in [2.24, 2.45) is 0 Å². The molecule has 3 heterocycles. The Morgan fingerprint density at radius 3 is 2.35 bits per heavy atom. The first-order valence-corrected chi connectivity index (χ1v) is 11.1. The fourth-order valence-electron chi connectivity index (χ4n) is 3.55. The van der Waals surface area contributed by atoms with E-state index in [4.69, 9.17) is 14.7 Å². The van der Waals surface area contributed by atoms with Crippen molar-refractivity contribution in [3.8, 4) is 32.3 Å². The van der Waals surface area contributed by atoms with Crippen LogP contribution in [0, 0.1) is 6.92 Å². The molecule has 0 aliphatic carbocycles. The molecule has 0 bridgehead atoms. The summed E-state index contributed by atoms with van der Waals surface area (Å²) < 4.78 is 5.39. The van der Waals surface area contributed by atoms with E-state index in [1.807, 2.05) is 19.1 Å². The van der Waals surface area contributed by atoms with Gasteiger partial charge in [0, 0.05) is 24.8 Å². The summed E-state index contributed by atoms with van der Waals surface area (Å²) in [4.78, 5) is 15.0. The number of hydrogen-bond acceptors (Lipinski definition) is 7. The quantitative estimate of drug-likeness (QED) is 0.487. The Hall–Kier alpha value is -3.13. The van der Waals surface area contributed by atoms with Crippen molar-refractivity contribution in [1.29, 1.82) is 0 Å². The maximum Gasteiger partial charge on any atom is 0.238 e. The van der Waals surface area contributed by atoms with E-state index in [9.17, 15) is 0 Å². The van der Waals surface area contributed by atoms with Crippen LogP contribution in [0.4, 0.5) is 5.95 Å². The number of benzene rings is 2. The van der Waals surface area contributed by atoms with Crippen molar-refractivity contribution in [3.63, 3.8) is 0 Å². The summed E-state index contributed by atoms with van der Waals surface area (Å²) in [5, 5.41) is 3.08. The van der Waals surface area contributed by atoms with Crippen molar-refractivity contribution in [2.45, 2.75) is 6.92 Å². The topological polar surface area (TPSA) is 63.2 Å². The summed E-state index contributed by atoms with van der Waals surface area (Å²) in [6.45, 7) is 5.09. The molecule has 0 radical (unpaired) electrons. The lowest BCUT2D eigenvalue weighted by Gasteiger charge is -2.26. The van der Waals surface area contributed by atoms with Crippen LogP contribution in [-0.4, -0.2) is 46.3 Å². The number of hydrazine groups is 1.